The second-order valence-electron chi connectivity index (χ2n) is 6.55. The van der Waals surface area contributed by atoms with Crippen LogP contribution in [0.3, 0.4) is 0 Å². The number of pyridine rings is 1. The van der Waals surface area contributed by atoms with Crippen LogP contribution in [0.1, 0.15) is 18.1 Å². The van der Waals surface area contributed by atoms with E-state index in [-0.39, 0.29) is 0 Å². The minimum Gasteiger partial charge on any atom is -0.454 e. The van der Waals surface area contributed by atoms with Gasteiger partial charge in [-0.05, 0) is 42.7 Å². The van der Waals surface area contributed by atoms with Crippen LogP contribution >= 0.6 is 0 Å². The van der Waals surface area contributed by atoms with Gasteiger partial charge in [-0.1, -0.05) is 12.1 Å². The standard InChI is InChI=1S/C21H24N6O2/c1-2-23-21(24-8-7-16-3-5-18-19(11-16)29-15-28-18)26-13-17-4-6-20(25-12-17)27-10-9-22-14-27/h3-6,9-12,14H,2,7-8,13,15H2,1H3,(H2,23,24,26). The summed E-state index contributed by atoms with van der Waals surface area (Å²) in [7, 11) is 0. The summed E-state index contributed by atoms with van der Waals surface area (Å²) in [6.07, 6.45) is 8.04. The maximum Gasteiger partial charge on any atom is 0.231 e. The van der Waals surface area contributed by atoms with Crippen molar-refractivity contribution in [3.63, 3.8) is 0 Å². The lowest BCUT2D eigenvalue weighted by Crippen LogP contribution is -2.38. The van der Waals surface area contributed by atoms with Crippen molar-refractivity contribution in [3.05, 3.63) is 66.4 Å². The van der Waals surface area contributed by atoms with Gasteiger partial charge in [-0.2, -0.15) is 0 Å². The molecule has 8 nitrogen and oxygen atoms in total. The number of fused-ring (bicyclic) bond motifs is 1. The third-order valence-corrected chi connectivity index (χ3v) is 4.49. The fourth-order valence-electron chi connectivity index (χ4n) is 2.99. The first-order valence-electron chi connectivity index (χ1n) is 9.66. The Balaban J connectivity index is 1.31. The molecule has 1 aromatic carbocycles. The predicted octanol–water partition coefficient (Wildman–Crippen LogP) is 2.29. The highest BCUT2D eigenvalue weighted by Gasteiger charge is 2.12. The number of aromatic nitrogens is 3. The average molecular weight is 392 g/mol. The van der Waals surface area contributed by atoms with E-state index in [0.29, 0.717) is 13.3 Å². The van der Waals surface area contributed by atoms with Gasteiger partial charge in [0.2, 0.25) is 6.79 Å². The van der Waals surface area contributed by atoms with Crippen LogP contribution in [0, 0.1) is 0 Å². The van der Waals surface area contributed by atoms with Gasteiger partial charge < -0.3 is 20.1 Å². The van der Waals surface area contributed by atoms with Crippen LogP contribution in [-0.4, -0.2) is 40.4 Å². The van der Waals surface area contributed by atoms with Gasteiger partial charge >= 0.3 is 0 Å². The lowest BCUT2D eigenvalue weighted by Gasteiger charge is -2.11. The molecule has 0 bridgehead atoms. The average Bonchev–Trinajstić information content (AvgIpc) is 3.44. The van der Waals surface area contributed by atoms with Crippen LogP contribution in [-0.2, 0) is 13.0 Å². The molecule has 1 aliphatic rings. The van der Waals surface area contributed by atoms with E-state index in [2.05, 4.69) is 38.6 Å². The molecule has 3 heterocycles. The number of hydrogen-bond donors (Lipinski definition) is 2. The number of guanidine groups is 1. The van der Waals surface area contributed by atoms with Gasteiger partial charge in [0.1, 0.15) is 12.1 Å². The number of nitrogens with one attached hydrogen (secondary N) is 2. The van der Waals surface area contributed by atoms with Gasteiger partial charge in [-0.25, -0.2) is 15.0 Å². The Hall–Kier alpha value is -3.55. The number of ether oxygens (including phenoxy) is 2. The van der Waals surface area contributed by atoms with E-state index in [0.717, 1.165) is 48.4 Å². The molecular weight excluding hydrogens is 368 g/mol. The summed E-state index contributed by atoms with van der Waals surface area (Å²) in [6.45, 7) is 4.47. The molecule has 0 atom stereocenters. The molecule has 0 radical (unpaired) electrons. The van der Waals surface area contributed by atoms with Crippen molar-refractivity contribution < 1.29 is 9.47 Å². The topological polar surface area (TPSA) is 85.6 Å². The number of aliphatic imine (C=N–C) groups is 1. The van der Waals surface area contributed by atoms with Crippen molar-refractivity contribution in [1.29, 1.82) is 0 Å². The third kappa shape index (κ3) is 4.84. The molecule has 2 N–H and O–H groups in total. The zero-order valence-corrected chi connectivity index (χ0v) is 16.3. The Morgan fingerprint density at radius 1 is 1.14 bits per heavy atom. The first-order valence-corrected chi connectivity index (χ1v) is 9.66. The van der Waals surface area contributed by atoms with Crippen molar-refractivity contribution in [2.45, 2.75) is 19.9 Å². The third-order valence-electron chi connectivity index (χ3n) is 4.49. The predicted molar refractivity (Wildman–Crippen MR) is 110 cm³/mol. The number of rotatable bonds is 7. The number of hydrogen-bond acceptors (Lipinski definition) is 5. The van der Waals surface area contributed by atoms with E-state index < -0.39 is 0 Å². The van der Waals surface area contributed by atoms with Crippen LogP contribution in [0.5, 0.6) is 11.5 Å². The van der Waals surface area contributed by atoms with Gasteiger partial charge in [0.15, 0.2) is 17.5 Å². The molecule has 3 aromatic rings. The van der Waals surface area contributed by atoms with Crippen LogP contribution in [0.4, 0.5) is 0 Å². The monoisotopic (exact) mass is 392 g/mol. The lowest BCUT2D eigenvalue weighted by atomic mass is 10.1. The van der Waals surface area contributed by atoms with Crippen LogP contribution in [0.25, 0.3) is 5.82 Å². The van der Waals surface area contributed by atoms with Crippen molar-refractivity contribution in [1.82, 2.24) is 25.2 Å². The molecule has 0 spiro atoms. The zero-order valence-electron chi connectivity index (χ0n) is 16.3. The molecule has 150 valence electrons. The molecule has 0 saturated carbocycles. The first-order chi connectivity index (χ1) is 14.3. The van der Waals surface area contributed by atoms with Crippen molar-refractivity contribution in [2.75, 3.05) is 19.9 Å². The smallest absolute Gasteiger partial charge is 0.231 e. The largest absolute Gasteiger partial charge is 0.454 e. The lowest BCUT2D eigenvalue weighted by molar-refractivity contribution is 0.174. The summed E-state index contributed by atoms with van der Waals surface area (Å²) in [5, 5.41) is 6.65. The Morgan fingerprint density at radius 3 is 2.83 bits per heavy atom. The summed E-state index contributed by atoms with van der Waals surface area (Å²) < 4.78 is 12.7. The van der Waals surface area contributed by atoms with Gasteiger partial charge in [0.05, 0.1) is 6.54 Å². The molecular formula is C21H24N6O2. The summed E-state index contributed by atoms with van der Waals surface area (Å²) >= 11 is 0. The molecule has 2 aromatic heterocycles. The van der Waals surface area contributed by atoms with Crippen molar-refractivity contribution in [3.8, 4) is 17.3 Å². The van der Waals surface area contributed by atoms with Gasteiger partial charge in [0.25, 0.3) is 0 Å². The van der Waals surface area contributed by atoms with E-state index >= 15 is 0 Å². The minimum absolute atomic E-state index is 0.298. The number of nitrogens with zero attached hydrogens (tertiary/aromatic N) is 4. The Morgan fingerprint density at radius 2 is 2.03 bits per heavy atom. The van der Waals surface area contributed by atoms with E-state index in [4.69, 9.17) is 9.47 Å². The molecule has 8 heteroatoms. The Labute approximate surface area is 169 Å². The zero-order chi connectivity index (χ0) is 19.9. The Kier molecular flexibility index (Phi) is 5.89. The van der Waals surface area contributed by atoms with Crippen LogP contribution < -0.4 is 20.1 Å². The highest BCUT2D eigenvalue weighted by molar-refractivity contribution is 5.79. The van der Waals surface area contributed by atoms with Gasteiger partial charge in [-0.15, -0.1) is 0 Å². The fourth-order valence-corrected chi connectivity index (χ4v) is 2.99. The first kappa shape index (κ1) is 18.8. The quantitative estimate of drug-likeness (QED) is 0.474. The SMILES string of the molecule is CCNC(=NCc1ccc(-n2ccnc2)nc1)NCCc1ccc2c(c1)OCO2. The molecule has 0 amide bonds. The Bertz CT molecular complexity index is 954. The van der Waals surface area contributed by atoms with Gasteiger partial charge in [-0.3, -0.25) is 4.57 Å². The number of benzene rings is 1. The molecule has 0 unspecified atom stereocenters. The van der Waals surface area contributed by atoms with Gasteiger partial charge in [0, 0.05) is 31.7 Å². The minimum atomic E-state index is 0.298. The molecule has 0 fully saturated rings. The summed E-state index contributed by atoms with van der Waals surface area (Å²) in [6, 6.07) is 10.0. The maximum atomic E-state index is 5.44. The van der Waals surface area contributed by atoms with E-state index in [9.17, 15) is 0 Å². The molecule has 0 saturated heterocycles. The highest BCUT2D eigenvalue weighted by Crippen LogP contribution is 2.32. The van der Waals surface area contributed by atoms with Crippen LogP contribution in [0.2, 0.25) is 0 Å². The van der Waals surface area contributed by atoms with E-state index in [1.165, 1.54) is 5.56 Å². The fraction of sp³-hybridized carbons (Fsp3) is 0.286. The summed E-state index contributed by atoms with van der Waals surface area (Å²) in [5.41, 5.74) is 2.23. The molecule has 4 rings (SSSR count). The second kappa shape index (κ2) is 9.09. The van der Waals surface area contributed by atoms with Crippen LogP contribution in [0.15, 0.2) is 60.2 Å². The van der Waals surface area contributed by atoms with Crippen molar-refractivity contribution in [2.24, 2.45) is 4.99 Å². The second-order valence-corrected chi connectivity index (χ2v) is 6.55. The summed E-state index contributed by atoms with van der Waals surface area (Å²) in [5.74, 6) is 3.25. The highest BCUT2D eigenvalue weighted by atomic mass is 16.7. The molecule has 1 aliphatic heterocycles. The van der Waals surface area contributed by atoms with E-state index in [1.54, 1.807) is 12.5 Å². The molecule has 0 aliphatic carbocycles. The number of imidazole rings is 1. The van der Waals surface area contributed by atoms with E-state index in [1.807, 2.05) is 41.2 Å². The normalized spacial score (nSPS) is 12.8. The summed E-state index contributed by atoms with van der Waals surface area (Å²) in [4.78, 5) is 13.2. The maximum absolute atomic E-state index is 5.44. The van der Waals surface area contributed by atoms with Crippen molar-refractivity contribution >= 4 is 5.96 Å². The molecule has 29 heavy (non-hydrogen) atoms.